The monoisotopic (exact) mass is 340 g/mol. The van der Waals surface area contributed by atoms with Gasteiger partial charge in [-0.2, -0.15) is 0 Å². The molecule has 0 radical (unpaired) electrons. The number of rotatable bonds is 7. The lowest BCUT2D eigenvalue weighted by Gasteiger charge is -2.18. The van der Waals surface area contributed by atoms with E-state index in [4.69, 9.17) is 16.3 Å². The van der Waals surface area contributed by atoms with Gasteiger partial charge in [0, 0.05) is 5.02 Å². The van der Waals surface area contributed by atoms with Crippen LogP contribution < -0.4 is 10.1 Å². The smallest absolute Gasteiger partial charge is 0.324 e. The molecule has 0 spiro atoms. The molecule has 6 nitrogen and oxygen atoms in total. The molecule has 0 aromatic heterocycles. The summed E-state index contributed by atoms with van der Waals surface area (Å²) in [4.78, 5) is 25.1. The summed E-state index contributed by atoms with van der Waals surface area (Å²) >= 11 is 5.78. The van der Waals surface area contributed by atoms with E-state index in [1.54, 1.807) is 24.3 Å². The van der Waals surface area contributed by atoms with Crippen LogP contribution in [0.4, 0.5) is 4.79 Å². The first-order valence-electron chi connectivity index (χ1n) is 7.55. The number of hydrogen-bond donors (Lipinski definition) is 2. The van der Waals surface area contributed by atoms with Crippen LogP contribution in [0.25, 0.3) is 0 Å². The molecule has 2 N–H and O–H groups in total. The molecule has 1 aliphatic rings. The van der Waals surface area contributed by atoms with Gasteiger partial charge < -0.3 is 15.2 Å². The Morgan fingerprint density at radius 1 is 1.30 bits per heavy atom. The fourth-order valence-corrected chi connectivity index (χ4v) is 2.49. The number of benzene rings is 1. The van der Waals surface area contributed by atoms with E-state index in [0.29, 0.717) is 23.1 Å². The van der Waals surface area contributed by atoms with E-state index < -0.39 is 18.2 Å². The topological polar surface area (TPSA) is 78.9 Å². The van der Waals surface area contributed by atoms with Crippen molar-refractivity contribution in [3.8, 4) is 5.75 Å². The number of ether oxygens (including phenoxy) is 1. The first-order chi connectivity index (χ1) is 10.9. The van der Waals surface area contributed by atoms with E-state index in [0.717, 1.165) is 4.90 Å². The number of aliphatic hydroxyl groups is 1. The number of β-amino-alcohol motifs (C(OH)–C–C–N with tert-alkyl or cyclic N) is 1. The number of nitrogens with zero attached hydrogens (tertiary/aromatic N) is 1. The van der Waals surface area contributed by atoms with Gasteiger partial charge in [-0.15, -0.1) is 0 Å². The molecule has 1 aliphatic heterocycles. The highest BCUT2D eigenvalue weighted by Gasteiger charge is 2.38. The lowest BCUT2D eigenvalue weighted by atomic mass is 10.0. The van der Waals surface area contributed by atoms with E-state index >= 15 is 0 Å². The van der Waals surface area contributed by atoms with Crippen LogP contribution in [0.3, 0.4) is 0 Å². The SMILES string of the molecule is CC(C)C[C@H]1NC(=O)N(C[C@@H](O)COc2ccc(Cl)cc2)C1=O. The number of urea groups is 1. The minimum absolute atomic E-state index is 0.0203. The van der Waals surface area contributed by atoms with Gasteiger partial charge in [0.05, 0.1) is 6.54 Å². The highest BCUT2D eigenvalue weighted by atomic mass is 35.5. The molecule has 1 saturated heterocycles. The fourth-order valence-electron chi connectivity index (χ4n) is 2.37. The molecule has 1 aromatic carbocycles. The van der Waals surface area contributed by atoms with Crippen LogP contribution in [-0.4, -0.2) is 47.2 Å². The molecule has 7 heteroatoms. The Labute approximate surface area is 140 Å². The van der Waals surface area contributed by atoms with Gasteiger partial charge in [0.25, 0.3) is 5.91 Å². The quantitative estimate of drug-likeness (QED) is 0.744. The summed E-state index contributed by atoms with van der Waals surface area (Å²) in [5.41, 5.74) is 0. The van der Waals surface area contributed by atoms with Gasteiger partial charge in [-0.1, -0.05) is 25.4 Å². The maximum atomic E-state index is 12.2. The Kier molecular flexibility index (Phi) is 5.85. The zero-order valence-corrected chi connectivity index (χ0v) is 13.9. The zero-order valence-electron chi connectivity index (χ0n) is 13.2. The van der Waals surface area contributed by atoms with E-state index in [9.17, 15) is 14.7 Å². The summed E-state index contributed by atoms with van der Waals surface area (Å²) in [5, 5.41) is 13.2. The van der Waals surface area contributed by atoms with Gasteiger partial charge >= 0.3 is 6.03 Å². The van der Waals surface area contributed by atoms with Crippen molar-refractivity contribution in [1.29, 1.82) is 0 Å². The van der Waals surface area contributed by atoms with Crippen molar-refractivity contribution in [2.75, 3.05) is 13.2 Å². The van der Waals surface area contributed by atoms with Crippen LogP contribution in [0.15, 0.2) is 24.3 Å². The minimum Gasteiger partial charge on any atom is -0.491 e. The molecule has 0 unspecified atom stereocenters. The summed E-state index contributed by atoms with van der Waals surface area (Å²) in [6.45, 7) is 3.86. The molecule has 0 saturated carbocycles. The molecule has 23 heavy (non-hydrogen) atoms. The number of halogens is 1. The van der Waals surface area contributed by atoms with Crippen molar-refractivity contribution in [3.05, 3.63) is 29.3 Å². The molecule has 0 aliphatic carbocycles. The molecule has 1 fully saturated rings. The number of nitrogens with one attached hydrogen (secondary N) is 1. The van der Waals surface area contributed by atoms with Crippen molar-refractivity contribution >= 4 is 23.5 Å². The summed E-state index contributed by atoms with van der Waals surface area (Å²) < 4.78 is 5.42. The number of carbonyl (C=O) groups is 2. The second-order valence-electron chi connectivity index (χ2n) is 6.00. The van der Waals surface area contributed by atoms with Gasteiger partial charge in [-0.25, -0.2) is 4.79 Å². The Hall–Kier alpha value is -1.79. The van der Waals surface area contributed by atoms with Crippen LogP contribution in [0.2, 0.25) is 5.02 Å². The lowest BCUT2D eigenvalue weighted by molar-refractivity contribution is -0.128. The molecule has 126 valence electrons. The Morgan fingerprint density at radius 3 is 2.57 bits per heavy atom. The van der Waals surface area contributed by atoms with Crippen LogP contribution in [0, 0.1) is 5.92 Å². The standard InChI is InChI=1S/C16H21ClN2O4/c1-10(2)7-14-15(21)19(16(22)18-14)8-12(20)9-23-13-5-3-11(17)4-6-13/h3-6,10,12,14,20H,7-9H2,1-2H3,(H,18,22)/t12-,14-/m1/s1. The normalized spacial score (nSPS) is 19.2. The summed E-state index contributed by atoms with van der Waals surface area (Å²) in [6.07, 6.45) is -0.378. The second-order valence-corrected chi connectivity index (χ2v) is 6.44. The number of aliphatic hydroxyl groups excluding tert-OH is 1. The molecule has 0 bridgehead atoms. The minimum atomic E-state index is -0.960. The predicted molar refractivity (Wildman–Crippen MR) is 86.4 cm³/mol. The molecule has 1 aromatic rings. The number of hydrogen-bond acceptors (Lipinski definition) is 4. The van der Waals surface area contributed by atoms with Gasteiger partial charge in [0.1, 0.15) is 24.5 Å². The average Bonchev–Trinajstić information content (AvgIpc) is 2.73. The third-order valence-corrected chi connectivity index (χ3v) is 3.72. The van der Waals surface area contributed by atoms with Crippen molar-refractivity contribution in [2.45, 2.75) is 32.4 Å². The van der Waals surface area contributed by atoms with Gasteiger partial charge in [0.15, 0.2) is 0 Å². The van der Waals surface area contributed by atoms with E-state index in [1.165, 1.54) is 0 Å². The van der Waals surface area contributed by atoms with Crippen LogP contribution in [-0.2, 0) is 4.79 Å². The fraction of sp³-hybridized carbons (Fsp3) is 0.500. The van der Waals surface area contributed by atoms with Crippen molar-refractivity contribution in [3.63, 3.8) is 0 Å². The summed E-state index contributed by atoms with van der Waals surface area (Å²) in [6, 6.07) is 5.75. The van der Waals surface area contributed by atoms with Crippen LogP contribution in [0.1, 0.15) is 20.3 Å². The number of amides is 3. The molecule has 1 heterocycles. The lowest BCUT2D eigenvalue weighted by Crippen LogP contribution is -2.40. The van der Waals surface area contributed by atoms with Crippen molar-refractivity contribution in [1.82, 2.24) is 10.2 Å². The van der Waals surface area contributed by atoms with Crippen LogP contribution in [0.5, 0.6) is 5.75 Å². The maximum absolute atomic E-state index is 12.2. The Morgan fingerprint density at radius 2 is 1.96 bits per heavy atom. The van der Waals surface area contributed by atoms with Gasteiger partial charge in [-0.05, 0) is 36.6 Å². The largest absolute Gasteiger partial charge is 0.491 e. The Balaban J connectivity index is 1.84. The summed E-state index contributed by atoms with van der Waals surface area (Å²) in [5.74, 6) is 0.555. The average molecular weight is 341 g/mol. The second kappa shape index (κ2) is 7.66. The molecular formula is C16H21ClN2O4. The molecular weight excluding hydrogens is 320 g/mol. The van der Waals surface area contributed by atoms with Gasteiger partial charge in [-0.3, -0.25) is 9.69 Å². The van der Waals surface area contributed by atoms with E-state index in [2.05, 4.69) is 5.32 Å². The summed E-state index contributed by atoms with van der Waals surface area (Å²) in [7, 11) is 0. The number of imide groups is 1. The van der Waals surface area contributed by atoms with Crippen molar-refractivity contribution < 1.29 is 19.4 Å². The zero-order chi connectivity index (χ0) is 17.0. The first-order valence-corrected chi connectivity index (χ1v) is 7.93. The van der Waals surface area contributed by atoms with Crippen LogP contribution >= 0.6 is 11.6 Å². The third-order valence-electron chi connectivity index (χ3n) is 3.46. The Bertz CT molecular complexity index is 562. The van der Waals surface area contributed by atoms with Gasteiger partial charge in [0.2, 0.25) is 0 Å². The van der Waals surface area contributed by atoms with Crippen molar-refractivity contribution in [2.24, 2.45) is 5.92 Å². The third kappa shape index (κ3) is 4.84. The van der Waals surface area contributed by atoms with E-state index in [-0.39, 0.29) is 19.1 Å². The molecule has 2 rings (SSSR count). The predicted octanol–water partition coefficient (Wildman–Crippen LogP) is 2.05. The number of carbonyl (C=O) groups excluding carboxylic acids is 2. The maximum Gasteiger partial charge on any atom is 0.324 e. The first kappa shape index (κ1) is 17.6. The van der Waals surface area contributed by atoms with E-state index in [1.807, 2.05) is 13.8 Å². The highest BCUT2D eigenvalue weighted by molar-refractivity contribution is 6.30. The molecule has 2 atom stereocenters. The highest BCUT2D eigenvalue weighted by Crippen LogP contribution is 2.17. The molecule has 3 amide bonds.